The molecular formula is C15H19NO2. The van der Waals surface area contributed by atoms with Gasteiger partial charge in [0, 0.05) is 6.54 Å². The Morgan fingerprint density at radius 1 is 1.39 bits per heavy atom. The van der Waals surface area contributed by atoms with Gasteiger partial charge in [0.1, 0.15) is 6.61 Å². The molecule has 0 fully saturated rings. The van der Waals surface area contributed by atoms with Gasteiger partial charge < -0.3 is 14.8 Å². The number of benzene rings is 1. The molecule has 0 aliphatic heterocycles. The Hall–Kier alpha value is -1.92. The lowest BCUT2D eigenvalue weighted by molar-refractivity contribution is 0.294. The van der Waals surface area contributed by atoms with Crippen molar-refractivity contribution in [1.82, 2.24) is 5.32 Å². The van der Waals surface area contributed by atoms with Gasteiger partial charge in [-0.15, -0.1) is 6.42 Å². The van der Waals surface area contributed by atoms with Crippen molar-refractivity contribution in [2.45, 2.75) is 6.92 Å². The maximum absolute atomic E-state index is 5.63. The monoisotopic (exact) mass is 245 g/mol. The summed E-state index contributed by atoms with van der Waals surface area (Å²) in [6.45, 7) is 3.81. The molecule has 0 aliphatic rings. The molecule has 1 aromatic carbocycles. The molecule has 3 heteroatoms. The topological polar surface area (TPSA) is 30.5 Å². The highest BCUT2D eigenvalue weighted by Gasteiger charge is 2.04. The normalized spacial score (nSPS) is 10.3. The van der Waals surface area contributed by atoms with Crippen LogP contribution in [-0.4, -0.2) is 26.8 Å². The first-order valence-electron chi connectivity index (χ1n) is 5.89. The predicted molar refractivity (Wildman–Crippen MR) is 74.9 cm³/mol. The Morgan fingerprint density at radius 3 is 2.89 bits per heavy atom. The molecule has 18 heavy (non-hydrogen) atoms. The van der Waals surface area contributed by atoms with E-state index in [0.717, 1.165) is 17.1 Å². The lowest BCUT2D eigenvalue weighted by Crippen LogP contribution is -2.21. The van der Waals surface area contributed by atoms with Gasteiger partial charge in [-0.3, -0.25) is 0 Å². The van der Waals surface area contributed by atoms with E-state index >= 15 is 0 Å². The molecule has 0 heterocycles. The van der Waals surface area contributed by atoms with Crippen LogP contribution in [0.1, 0.15) is 12.5 Å². The number of hydrogen-bond donors (Lipinski definition) is 1. The van der Waals surface area contributed by atoms with Crippen LogP contribution < -0.4 is 14.8 Å². The van der Waals surface area contributed by atoms with Crippen molar-refractivity contribution < 1.29 is 9.47 Å². The predicted octanol–water partition coefficient (Wildman–Crippen LogP) is 2.33. The summed E-state index contributed by atoms with van der Waals surface area (Å²) < 4.78 is 10.9. The molecule has 0 spiro atoms. The number of rotatable bonds is 7. The second kappa shape index (κ2) is 8.21. The molecular weight excluding hydrogens is 226 g/mol. The van der Waals surface area contributed by atoms with Crippen molar-refractivity contribution in [2.24, 2.45) is 0 Å². The average molecular weight is 245 g/mol. The van der Waals surface area contributed by atoms with Gasteiger partial charge in [0.15, 0.2) is 11.5 Å². The van der Waals surface area contributed by atoms with Crippen LogP contribution >= 0.6 is 0 Å². The average Bonchev–Trinajstić information content (AvgIpc) is 2.40. The molecule has 0 amide bonds. The van der Waals surface area contributed by atoms with Crippen molar-refractivity contribution in [3.8, 4) is 23.8 Å². The third-order valence-corrected chi connectivity index (χ3v) is 2.31. The fraction of sp³-hybridized carbons (Fsp3) is 0.333. The molecule has 0 aromatic heterocycles. The lowest BCUT2D eigenvalue weighted by atomic mass is 10.2. The van der Waals surface area contributed by atoms with E-state index in [1.807, 2.05) is 37.3 Å². The van der Waals surface area contributed by atoms with Gasteiger partial charge in [0.2, 0.25) is 0 Å². The first kappa shape index (κ1) is 14.1. The molecule has 0 unspecified atom stereocenters. The molecule has 0 bridgehead atoms. The van der Waals surface area contributed by atoms with Crippen LogP contribution in [0.2, 0.25) is 0 Å². The summed E-state index contributed by atoms with van der Waals surface area (Å²) in [6, 6.07) is 5.85. The van der Waals surface area contributed by atoms with E-state index in [0.29, 0.717) is 19.7 Å². The quantitative estimate of drug-likeness (QED) is 0.591. The summed E-state index contributed by atoms with van der Waals surface area (Å²) in [5.74, 6) is 3.99. The molecule has 0 atom stereocenters. The minimum absolute atomic E-state index is 0.556. The highest BCUT2D eigenvalue weighted by Crippen LogP contribution is 2.28. The van der Waals surface area contributed by atoms with Gasteiger partial charge in [-0.2, -0.15) is 0 Å². The first-order valence-corrected chi connectivity index (χ1v) is 5.89. The van der Waals surface area contributed by atoms with Crippen molar-refractivity contribution in [3.63, 3.8) is 0 Å². The van der Waals surface area contributed by atoms with Crippen LogP contribution in [0.15, 0.2) is 24.3 Å². The number of hydrogen-bond acceptors (Lipinski definition) is 3. The van der Waals surface area contributed by atoms with Crippen molar-refractivity contribution in [2.75, 3.05) is 26.8 Å². The molecule has 0 saturated heterocycles. The smallest absolute Gasteiger partial charge is 0.161 e. The van der Waals surface area contributed by atoms with Gasteiger partial charge in [0.25, 0.3) is 0 Å². The van der Waals surface area contributed by atoms with E-state index in [1.165, 1.54) is 0 Å². The maximum atomic E-state index is 5.63. The molecule has 3 nitrogen and oxygen atoms in total. The minimum atomic E-state index is 0.556. The van der Waals surface area contributed by atoms with Crippen LogP contribution in [0.4, 0.5) is 0 Å². The van der Waals surface area contributed by atoms with Crippen molar-refractivity contribution in [1.29, 1.82) is 0 Å². The summed E-state index contributed by atoms with van der Waals surface area (Å²) >= 11 is 0. The first-order chi connectivity index (χ1) is 8.81. The van der Waals surface area contributed by atoms with Gasteiger partial charge >= 0.3 is 0 Å². The van der Waals surface area contributed by atoms with Gasteiger partial charge in [0.05, 0.1) is 13.7 Å². The van der Waals surface area contributed by atoms with Crippen molar-refractivity contribution in [3.05, 3.63) is 29.8 Å². The summed E-state index contributed by atoms with van der Waals surface area (Å²) in [5, 5.41) is 3.06. The summed E-state index contributed by atoms with van der Waals surface area (Å²) in [7, 11) is 1.64. The van der Waals surface area contributed by atoms with Crippen LogP contribution in [0.3, 0.4) is 0 Å². The van der Waals surface area contributed by atoms with E-state index < -0.39 is 0 Å². The number of nitrogens with one attached hydrogen (secondary N) is 1. The highest BCUT2D eigenvalue weighted by molar-refractivity contribution is 5.55. The standard InChI is InChI=1S/C15H19NO2/c1-4-6-13-7-8-14(15(12-13)17-3)18-11-10-16-9-5-2/h2,4,6-8,12,16H,9-11H2,1,3H3. The molecule has 0 aliphatic carbocycles. The lowest BCUT2D eigenvalue weighted by Gasteiger charge is -2.11. The Balaban J connectivity index is 2.57. The van der Waals surface area contributed by atoms with E-state index in [9.17, 15) is 0 Å². The van der Waals surface area contributed by atoms with E-state index in [-0.39, 0.29) is 0 Å². The Labute approximate surface area is 109 Å². The zero-order valence-electron chi connectivity index (χ0n) is 10.9. The van der Waals surface area contributed by atoms with Crippen LogP contribution in [-0.2, 0) is 0 Å². The van der Waals surface area contributed by atoms with E-state index in [1.54, 1.807) is 7.11 Å². The molecule has 0 radical (unpaired) electrons. The van der Waals surface area contributed by atoms with Crippen LogP contribution in [0.25, 0.3) is 6.08 Å². The zero-order chi connectivity index (χ0) is 13.2. The molecule has 1 aromatic rings. The summed E-state index contributed by atoms with van der Waals surface area (Å²) in [5.41, 5.74) is 1.09. The molecule has 1 rings (SSSR count). The number of terminal acetylenes is 1. The summed E-state index contributed by atoms with van der Waals surface area (Å²) in [6.07, 6.45) is 9.13. The van der Waals surface area contributed by atoms with E-state index in [4.69, 9.17) is 15.9 Å². The fourth-order valence-electron chi connectivity index (χ4n) is 1.49. The molecule has 96 valence electrons. The van der Waals surface area contributed by atoms with Crippen LogP contribution in [0, 0.1) is 12.3 Å². The van der Waals surface area contributed by atoms with Gasteiger partial charge in [-0.1, -0.05) is 24.1 Å². The second-order valence-electron chi connectivity index (χ2n) is 3.64. The minimum Gasteiger partial charge on any atom is -0.493 e. The fourth-order valence-corrected chi connectivity index (χ4v) is 1.49. The Morgan fingerprint density at radius 2 is 2.22 bits per heavy atom. The van der Waals surface area contributed by atoms with Gasteiger partial charge in [-0.05, 0) is 24.6 Å². The Kier molecular flexibility index (Phi) is 6.45. The SMILES string of the molecule is C#CCNCCOc1ccc(C=CC)cc1OC. The largest absolute Gasteiger partial charge is 0.493 e. The second-order valence-corrected chi connectivity index (χ2v) is 3.64. The summed E-state index contributed by atoms with van der Waals surface area (Å²) in [4.78, 5) is 0. The zero-order valence-corrected chi connectivity index (χ0v) is 10.9. The van der Waals surface area contributed by atoms with Crippen LogP contribution in [0.5, 0.6) is 11.5 Å². The molecule has 0 saturated carbocycles. The third-order valence-electron chi connectivity index (χ3n) is 2.31. The third kappa shape index (κ3) is 4.52. The number of methoxy groups -OCH3 is 1. The van der Waals surface area contributed by atoms with Gasteiger partial charge in [-0.25, -0.2) is 0 Å². The highest BCUT2D eigenvalue weighted by atomic mass is 16.5. The van der Waals surface area contributed by atoms with Crippen molar-refractivity contribution >= 4 is 6.08 Å². The molecule has 1 N–H and O–H groups in total. The van der Waals surface area contributed by atoms with E-state index in [2.05, 4.69) is 11.2 Å². The maximum Gasteiger partial charge on any atom is 0.161 e. The number of allylic oxidation sites excluding steroid dienone is 1. The number of ether oxygens (including phenoxy) is 2. The Bertz CT molecular complexity index is 433.